The first-order valence-electron chi connectivity index (χ1n) is 7.18. The molecule has 2 heterocycles. The van der Waals surface area contributed by atoms with Crippen LogP contribution in [0, 0.1) is 5.92 Å². The lowest BCUT2D eigenvalue weighted by Gasteiger charge is -2.18. The molecule has 0 radical (unpaired) electrons. The molecule has 1 atom stereocenters. The summed E-state index contributed by atoms with van der Waals surface area (Å²) < 4.78 is 22.4. The number of halogens is 1. The minimum Gasteiger partial charge on any atom is -0.338 e. The van der Waals surface area contributed by atoms with Crippen molar-refractivity contribution in [3.63, 3.8) is 0 Å². The molecule has 2 aromatic rings. The van der Waals surface area contributed by atoms with Gasteiger partial charge in [0.05, 0.1) is 21.9 Å². The van der Waals surface area contributed by atoms with Gasteiger partial charge in [0.25, 0.3) is 5.91 Å². The highest BCUT2D eigenvalue weighted by Gasteiger charge is 2.30. The number of amides is 1. The Labute approximate surface area is 139 Å². The van der Waals surface area contributed by atoms with Gasteiger partial charge in [0, 0.05) is 24.7 Å². The number of nitrogens with two attached hydrogens (primary N) is 1. The lowest BCUT2D eigenvalue weighted by atomic mass is 10.1. The quantitative estimate of drug-likeness (QED) is 0.907. The van der Waals surface area contributed by atoms with Crippen molar-refractivity contribution in [1.82, 2.24) is 9.88 Å². The number of carbonyl (C=O) groups excluding carboxylic acids is 1. The summed E-state index contributed by atoms with van der Waals surface area (Å²) in [6.45, 7) is 0.855. The summed E-state index contributed by atoms with van der Waals surface area (Å²) in [5.74, 6) is -0.451. The van der Waals surface area contributed by atoms with Crippen molar-refractivity contribution in [1.29, 1.82) is 0 Å². The van der Waals surface area contributed by atoms with Crippen LogP contribution in [0.5, 0.6) is 0 Å². The first-order chi connectivity index (χ1) is 10.8. The number of hydrogen-bond acceptors (Lipinski definition) is 4. The number of sulfonamides is 1. The van der Waals surface area contributed by atoms with Gasteiger partial charge in [0.2, 0.25) is 10.0 Å². The van der Waals surface area contributed by atoms with Gasteiger partial charge < -0.3 is 4.90 Å². The molecule has 6 nitrogen and oxygen atoms in total. The molecule has 2 N–H and O–H groups in total. The molecule has 1 aliphatic heterocycles. The monoisotopic (exact) mass is 353 g/mol. The smallest absolute Gasteiger partial charge is 0.256 e. The summed E-state index contributed by atoms with van der Waals surface area (Å²) >= 11 is 6.23. The van der Waals surface area contributed by atoms with Crippen molar-refractivity contribution in [3.05, 3.63) is 41.0 Å². The van der Waals surface area contributed by atoms with Crippen LogP contribution >= 0.6 is 11.6 Å². The van der Waals surface area contributed by atoms with E-state index in [1.165, 1.54) is 0 Å². The average molecular weight is 354 g/mol. The zero-order chi connectivity index (χ0) is 16.6. The van der Waals surface area contributed by atoms with E-state index in [4.69, 9.17) is 16.7 Å². The molecular formula is C15H16ClN3O3S. The maximum atomic E-state index is 12.8. The third-order valence-electron chi connectivity index (χ3n) is 3.99. The van der Waals surface area contributed by atoms with E-state index in [1.54, 1.807) is 35.4 Å². The van der Waals surface area contributed by atoms with Crippen LogP contribution in [0.2, 0.25) is 5.02 Å². The van der Waals surface area contributed by atoms with Crippen LogP contribution in [0.1, 0.15) is 16.8 Å². The largest absolute Gasteiger partial charge is 0.338 e. The number of benzene rings is 1. The van der Waals surface area contributed by atoms with Gasteiger partial charge in [-0.3, -0.25) is 9.78 Å². The third kappa shape index (κ3) is 3.46. The van der Waals surface area contributed by atoms with E-state index in [9.17, 15) is 13.2 Å². The Kier molecular flexibility index (Phi) is 4.27. The Bertz CT molecular complexity index is 869. The lowest BCUT2D eigenvalue weighted by Crippen LogP contribution is -2.31. The van der Waals surface area contributed by atoms with Gasteiger partial charge in [-0.15, -0.1) is 0 Å². The third-order valence-corrected chi connectivity index (χ3v) is 5.24. The van der Waals surface area contributed by atoms with Gasteiger partial charge >= 0.3 is 0 Å². The average Bonchev–Trinajstić information content (AvgIpc) is 2.93. The number of aromatic nitrogens is 1. The molecule has 1 amide bonds. The molecule has 1 aromatic carbocycles. The molecule has 1 aliphatic rings. The van der Waals surface area contributed by atoms with Gasteiger partial charge in [-0.2, -0.15) is 0 Å². The molecule has 23 heavy (non-hydrogen) atoms. The first-order valence-corrected chi connectivity index (χ1v) is 9.27. The van der Waals surface area contributed by atoms with E-state index in [-0.39, 0.29) is 17.6 Å². The van der Waals surface area contributed by atoms with E-state index >= 15 is 0 Å². The zero-order valence-corrected chi connectivity index (χ0v) is 13.8. The number of carbonyl (C=O) groups is 1. The van der Waals surface area contributed by atoms with E-state index in [1.807, 2.05) is 0 Å². The first kappa shape index (κ1) is 16.2. The SMILES string of the molecule is NS(=O)(=O)CC1CCN(C(=O)c2c(Cl)ccc3ncccc23)C1. The van der Waals surface area contributed by atoms with Gasteiger partial charge in [-0.25, -0.2) is 13.6 Å². The standard InChI is InChI=1S/C15H16ClN3O3S/c16-12-3-4-13-11(2-1-6-18-13)14(12)15(20)19-7-5-10(8-19)9-23(17,21)22/h1-4,6,10H,5,7-9H2,(H2,17,21,22). The summed E-state index contributed by atoms with van der Waals surface area (Å²) in [4.78, 5) is 18.7. The van der Waals surface area contributed by atoms with Gasteiger partial charge in [0.1, 0.15) is 0 Å². The zero-order valence-electron chi connectivity index (χ0n) is 12.3. The van der Waals surface area contributed by atoms with Crippen molar-refractivity contribution in [2.24, 2.45) is 11.1 Å². The highest BCUT2D eigenvalue weighted by Crippen LogP contribution is 2.28. The van der Waals surface area contributed by atoms with Crippen molar-refractivity contribution in [2.75, 3.05) is 18.8 Å². The van der Waals surface area contributed by atoms with Crippen LogP contribution in [0.4, 0.5) is 0 Å². The van der Waals surface area contributed by atoms with Crippen LogP contribution in [-0.4, -0.2) is 43.1 Å². The maximum Gasteiger partial charge on any atom is 0.256 e. The number of primary sulfonamides is 1. The summed E-state index contributed by atoms with van der Waals surface area (Å²) in [7, 11) is -3.54. The van der Waals surface area contributed by atoms with Crippen molar-refractivity contribution in [2.45, 2.75) is 6.42 Å². The topological polar surface area (TPSA) is 93.4 Å². The number of hydrogen-bond donors (Lipinski definition) is 1. The van der Waals surface area contributed by atoms with Gasteiger partial charge in [-0.05, 0) is 30.5 Å². The van der Waals surface area contributed by atoms with E-state index in [0.717, 1.165) is 0 Å². The fraction of sp³-hybridized carbons (Fsp3) is 0.333. The predicted molar refractivity (Wildman–Crippen MR) is 88.7 cm³/mol. The second kappa shape index (κ2) is 6.07. The molecule has 1 unspecified atom stereocenters. The highest BCUT2D eigenvalue weighted by molar-refractivity contribution is 7.89. The van der Waals surface area contributed by atoms with Crippen LogP contribution in [0.15, 0.2) is 30.5 Å². The van der Waals surface area contributed by atoms with Crippen LogP contribution in [0.25, 0.3) is 10.9 Å². The summed E-state index contributed by atoms with van der Waals surface area (Å²) in [6, 6.07) is 6.98. The second-order valence-electron chi connectivity index (χ2n) is 5.73. The molecule has 1 saturated heterocycles. The second-order valence-corrected chi connectivity index (χ2v) is 7.79. The minimum atomic E-state index is -3.54. The Morgan fingerprint density at radius 3 is 2.91 bits per heavy atom. The van der Waals surface area contributed by atoms with Crippen LogP contribution in [-0.2, 0) is 10.0 Å². The van der Waals surface area contributed by atoms with Crippen LogP contribution < -0.4 is 5.14 Å². The molecule has 122 valence electrons. The molecule has 1 aromatic heterocycles. The fourth-order valence-electron chi connectivity index (χ4n) is 2.98. The summed E-state index contributed by atoms with van der Waals surface area (Å²) in [5.41, 5.74) is 1.11. The van der Waals surface area contributed by atoms with E-state index < -0.39 is 10.0 Å². The molecule has 0 aliphatic carbocycles. The number of likely N-dealkylation sites (tertiary alicyclic amines) is 1. The lowest BCUT2D eigenvalue weighted by molar-refractivity contribution is 0.0790. The molecule has 0 spiro atoms. The molecule has 1 fully saturated rings. The number of fused-ring (bicyclic) bond motifs is 1. The Balaban J connectivity index is 1.89. The molecule has 8 heteroatoms. The highest BCUT2D eigenvalue weighted by atomic mass is 35.5. The molecule has 0 saturated carbocycles. The van der Waals surface area contributed by atoms with Gasteiger partial charge in [-0.1, -0.05) is 17.7 Å². The van der Waals surface area contributed by atoms with E-state index in [0.29, 0.717) is 41.0 Å². The normalized spacial score (nSPS) is 18.5. The van der Waals surface area contributed by atoms with Crippen molar-refractivity contribution < 1.29 is 13.2 Å². The molecule has 3 rings (SSSR count). The molecule has 0 bridgehead atoms. The van der Waals surface area contributed by atoms with Crippen molar-refractivity contribution in [3.8, 4) is 0 Å². The molecular weight excluding hydrogens is 338 g/mol. The Hall–Kier alpha value is -1.70. The predicted octanol–water partition coefficient (Wildman–Crippen LogP) is 1.64. The Morgan fingerprint density at radius 2 is 2.17 bits per heavy atom. The number of pyridine rings is 1. The fourth-order valence-corrected chi connectivity index (χ4v) is 4.16. The number of nitrogens with zero attached hydrogens (tertiary/aromatic N) is 2. The van der Waals surface area contributed by atoms with Crippen molar-refractivity contribution >= 4 is 38.4 Å². The summed E-state index contributed by atoms with van der Waals surface area (Å²) in [6.07, 6.45) is 2.27. The summed E-state index contributed by atoms with van der Waals surface area (Å²) in [5, 5.41) is 6.15. The Morgan fingerprint density at radius 1 is 1.39 bits per heavy atom. The number of rotatable bonds is 3. The minimum absolute atomic E-state index is 0.110. The van der Waals surface area contributed by atoms with E-state index in [2.05, 4.69) is 4.98 Å². The van der Waals surface area contributed by atoms with Crippen LogP contribution in [0.3, 0.4) is 0 Å². The maximum absolute atomic E-state index is 12.8. The van der Waals surface area contributed by atoms with Gasteiger partial charge in [0.15, 0.2) is 0 Å².